The fraction of sp³-hybridized carbons (Fsp3) is 0.409. The van der Waals surface area contributed by atoms with E-state index in [9.17, 15) is 9.59 Å². The maximum atomic E-state index is 12.7. The van der Waals surface area contributed by atoms with Crippen molar-refractivity contribution in [2.45, 2.75) is 39.2 Å². The second-order valence-corrected chi connectivity index (χ2v) is 8.52. The number of benzene rings is 1. The van der Waals surface area contributed by atoms with Crippen molar-refractivity contribution in [2.24, 2.45) is 0 Å². The normalized spacial score (nSPS) is 16.1. The molecule has 3 heterocycles. The van der Waals surface area contributed by atoms with Crippen LogP contribution in [0.4, 0.5) is 5.13 Å². The van der Waals surface area contributed by atoms with Crippen LogP contribution in [-0.4, -0.2) is 47.6 Å². The van der Waals surface area contributed by atoms with Gasteiger partial charge >= 0.3 is 0 Å². The first-order valence-electron chi connectivity index (χ1n) is 10.2. The van der Waals surface area contributed by atoms with Crippen molar-refractivity contribution < 1.29 is 14.3 Å². The zero-order chi connectivity index (χ0) is 21.1. The number of fused-ring (bicyclic) bond motifs is 1. The van der Waals surface area contributed by atoms with E-state index in [0.29, 0.717) is 28.8 Å². The summed E-state index contributed by atoms with van der Waals surface area (Å²) in [5.41, 5.74) is 2.91. The Morgan fingerprint density at radius 2 is 2.20 bits per heavy atom. The number of nitrogens with one attached hydrogen (secondary N) is 2. The molecule has 4 rings (SSSR count). The first kappa shape index (κ1) is 20.6. The molecule has 3 aromatic rings. The third kappa shape index (κ3) is 4.39. The molecular weight excluding hydrogens is 400 g/mol. The van der Waals surface area contributed by atoms with Gasteiger partial charge in [-0.25, -0.2) is 4.98 Å². The SMILES string of the molecule is CC(=O)N(CC1CCCO1)c1nc(C)c(C(=O)NCCc2c[nH]c3ccccc23)s1. The molecule has 1 aliphatic heterocycles. The molecule has 0 aliphatic carbocycles. The van der Waals surface area contributed by atoms with Gasteiger partial charge in [0, 0.05) is 37.2 Å². The lowest BCUT2D eigenvalue weighted by Crippen LogP contribution is -2.35. The average Bonchev–Trinajstić information content (AvgIpc) is 3.46. The molecule has 30 heavy (non-hydrogen) atoms. The van der Waals surface area contributed by atoms with Crippen LogP contribution < -0.4 is 10.2 Å². The molecule has 1 saturated heterocycles. The quantitative estimate of drug-likeness (QED) is 0.606. The third-order valence-electron chi connectivity index (χ3n) is 5.37. The Morgan fingerprint density at radius 1 is 1.37 bits per heavy atom. The number of nitrogens with zero attached hydrogens (tertiary/aromatic N) is 2. The lowest BCUT2D eigenvalue weighted by molar-refractivity contribution is -0.116. The summed E-state index contributed by atoms with van der Waals surface area (Å²) >= 11 is 1.26. The second-order valence-electron chi connectivity index (χ2n) is 7.54. The summed E-state index contributed by atoms with van der Waals surface area (Å²) in [6.45, 7) is 5.06. The van der Waals surface area contributed by atoms with E-state index in [1.807, 2.05) is 24.4 Å². The van der Waals surface area contributed by atoms with Crippen LogP contribution in [0.25, 0.3) is 10.9 Å². The lowest BCUT2D eigenvalue weighted by atomic mass is 10.1. The van der Waals surface area contributed by atoms with Crippen molar-refractivity contribution >= 4 is 39.2 Å². The average molecular weight is 427 g/mol. The number of H-pyrrole nitrogens is 1. The number of carbonyl (C=O) groups excluding carboxylic acids is 2. The van der Waals surface area contributed by atoms with Gasteiger partial charge in [0.15, 0.2) is 5.13 Å². The van der Waals surface area contributed by atoms with E-state index in [0.717, 1.165) is 31.4 Å². The fourth-order valence-corrected chi connectivity index (χ4v) is 4.81. The number of para-hydroxylation sites is 1. The van der Waals surface area contributed by atoms with Crippen molar-refractivity contribution in [3.05, 3.63) is 46.6 Å². The largest absolute Gasteiger partial charge is 0.376 e. The van der Waals surface area contributed by atoms with Crippen molar-refractivity contribution in [2.75, 3.05) is 24.6 Å². The molecule has 1 fully saturated rings. The van der Waals surface area contributed by atoms with Gasteiger partial charge in [-0.2, -0.15) is 0 Å². The van der Waals surface area contributed by atoms with Gasteiger partial charge in [-0.1, -0.05) is 29.5 Å². The third-order valence-corrected chi connectivity index (χ3v) is 6.55. The summed E-state index contributed by atoms with van der Waals surface area (Å²) in [5, 5.41) is 4.72. The molecule has 7 nitrogen and oxygen atoms in total. The number of aromatic amines is 1. The van der Waals surface area contributed by atoms with Crippen molar-refractivity contribution in [1.82, 2.24) is 15.3 Å². The Kier molecular flexibility index (Phi) is 6.15. The lowest BCUT2D eigenvalue weighted by Gasteiger charge is -2.21. The molecule has 1 unspecified atom stereocenters. The highest BCUT2D eigenvalue weighted by molar-refractivity contribution is 7.17. The first-order valence-corrected chi connectivity index (χ1v) is 11.0. The highest BCUT2D eigenvalue weighted by Gasteiger charge is 2.26. The molecular formula is C22H26N4O3S. The van der Waals surface area contributed by atoms with Gasteiger partial charge in [-0.15, -0.1) is 0 Å². The van der Waals surface area contributed by atoms with Crippen LogP contribution in [0.3, 0.4) is 0 Å². The smallest absolute Gasteiger partial charge is 0.263 e. The maximum Gasteiger partial charge on any atom is 0.263 e. The molecule has 1 atom stereocenters. The summed E-state index contributed by atoms with van der Waals surface area (Å²) in [6.07, 6.45) is 4.71. The number of rotatable bonds is 7. The number of ether oxygens (including phenoxy) is 1. The van der Waals surface area contributed by atoms with E-state index in [1.165, 1.54) is 29.2 Å². The number of thiazole rings is 1. The standard InChI is InChI=1S/C22H26N4O3S/c1-14-20(30-22(25-14)26(15(2)27)13-17-6-5-11-29-17)21(28)23-10-9-16-12-24-19-8-4-3-7-18(16)19/h3-4,7-8,12,17,24H,5-6,9-11,13H2,1-2H3,(H,23,28). The zero-order valence-corrected chi connectivity index (χ0v) is 18.1. The van der Waals surface area contributed by atoms with Gasteiger partial charge < -0.3 is 15.0 Å². The Labute approximate surface area is 179 Å². The van der Waals surface area contributed by atoms with E-state index in [4.69, 9.17) is 4.74 Å². The highest BCUT2D eigenvalue weighted by atomic mass is 32.1. The molecule has 0 bridgehead atoms. The van der Waals surface area contributed by atoms with Crippen LogP contribution in [0, 0.1) is 6.92 Å². The summed E-state index contributed by atoms with van der Waals surface area (Å²) in [4.78, 5) is 34.8. The molecule has 2 aromatic heterocycles. The van der Waals surface area contributed by atoms with Crippen LogP contribution in [-0.2, 0) is 16.0 Å². The topological polar surface area (TPSA) is 87.3 Å². The van der Waals surface area contributed by atoms with Crippen molar-refractivity contribution in [3.8, 4) is 0 Å². The number of aromatic nitrogens is 2. The molecule has 2 N–H and O–H groups in total. The molecule has 0 spiro atoms. The fourth-order valence-electron chi connectivity index (χ4n) is 3.77. The summed E-state index contributed by atoms with van der Waals surface area (Å²) in [5.74, 6) is -0.248. The van der Waals surface area contributed by atoms with Crippen LogP contribution >= 0.6 is 11.3 Å². The Balaban J connectivity index is 1.40. The Bertz CT molecular complexity index is 1050. The number of amides is 2. The van der Waals surface area contributed by atoms with E-state index < -0.39 is 0 Å². The van der Waals surface area contributed by atoms with Crippen LogP contribution in [0.2, 0.25) is 0 Å². The number of hydrogen-bond donors (Lipinski definition) is 2. The van der Waals surface area contributed by atoms with E-state index in [1.54, 1.807) is 11.8 Å². The van der Waals surface area contributed by atoms with E-state index in [-0.39, 0.29) is 17.9 Å². The minimum absolute atomic E-state index is 0.0338. The maximum absolute atomic E-state index is 12.7. The predicted octanol–water partition coefficient (Wildman–Crippen LogP) is 3.44. The Hall–Kier alpha value is -2.71. The van der Waals surface area contributed by atoms with Gasteiger partial charge in [0.1, 0.15) is 4.88 Å². The van der Waals surface area contributed by atoms with Crippen LogP contribution in [0.15, 0.2) is 30.5 Å². The first-order chi connectivity index (χ1) is 14.5. The summed E-state index contributed by atoms with van der Waals surface area (Å²) < 4.78 is 5.66. The minimum atomic E-state index is -0.156. The molecule has 0 radical (unpaired) electrons. The number of carbonyl (C=O) groups is 2. The predicted molar refractivity (Wildman–Crippen MR) is 118 cm³/mol. The monoisotopic (exact) mass is 426 g/mol. The van der Waals surface area contributed by atoms with Gasteiger partial charge in [0.2, 0.25) is 5.91 Å². The molecule has 2 amide bonds. The van der Waals surface area contributed by atoms with E-state index in [2.05, 4.69) is 21.4 Å². The Morgan fingerprint density at radius 3 is 2.97 bits per heavy atom. The zero-order valence-electron chi connectivity index (χ0n) is 17.2. The molecule has 1 aliphatic rings. The van der Waals surface area contributed by atoms with Crippen LogP contribution in [0.5, 0.6) is 0 Å². The number of hydrogen-bond acceptors (Lipinski definition) is 5. The van der Waals surface area contributed by atoms with Gasteiger partial charge in [-0.05, 0) is 37.8 Å². The van der Waals surface area contributed by atoms with Crippen LogP contribution in [0.1, 0.15) is 40.7 Å². The van der Waals surface area contributed by atoms with E-state index >= 15 is 0 Å². The van der Waals surface area contributed by atoms with Gasteiger partial charge in [0.25, 0.3) is 5.91 Å². The molecule has 1 aromatic carbocycles. The summed E-state index contributed by atoms with van der Waals surface area (Å²) in [7, 11) is 0. The highest BCUT2D eigenvalue weighted by Crippen LogP contribution is 2.28. The van der Waals surface area contributed by atoms with Crippen molar-refractivity contribution in [1.29, 1.82) is 0 Å². The number of aryl methyl sites for hydroxylation is 1. The molecule has 158 valence electrons. The van der Waals surface area contributed by atoms with Gasteiger partial charge in [0.05, 0.1) is 18.3 Å². The number of anilines is 1. The molecule has 0 saturated carbocycles. The minimum Gasteiger partial charge on any atom is -0.376 e. The molecule has 8 heteroatoms. The van der Waals surface area contributed by atoms with Crippen molar-refractivity contribution in [3.63, 3.8) is 0 Å². The second kappa shape index (κ2) is 8.97. The van der Waals surface area contributed by atoms with Gasteiger partial charge in [-0.3, -0.25) is 14.5 Å². The summed E-state index contributed by atoms with van der Waals surface area (Å²) in [6, 6.07) is 8.12.